The van der Waals surface area contributed by atoms with Crippen LogP contribution in [-0.2, 0) is 14.3 Å². The zero-order chi connectivity index (χ0) is 21.0. The Morgan fingerprint density at radius 3 is 2.55 bits per heavy atom. The maximum Gasteiger partial charge on any atom is 0.309 e. The molecule has 1 amide bonds. The number of hydrogen-bond acceptors (Lipinski definition) is 6. The molecule has 0 radical (unpaired) electrons. The standard InChI is InChI=1S/C21H28N4O3S/c1-5-28-20(27)17-10-12-24(13-11-17)19(26)15(3)29-21-23-22-16(4)25(21)18-9-7-6-8-14(18)2/h6-9,15,17H,5,10-13H2,1-4H3. The first-order chi connectivity index (χ1) is 13.9. The molecule has 2 aromatic rings. The van der Waals surface area contributed by atoms with E-state index in [1.807, 2.05) is 61.4 Å². The Labute approximate surface area is 175 Å². The number of aromatic nitrogens is 3. The first-order valence-electron chi connectivity index (χ1n) is 10.0. The van der Waals surface area contributed by atoms with E-state index in [1.54, 1.807) is 0 Å². The number of amides is 1. The number of para-hydroxylation sites is 1. The van der Waals surface area contributed by atoms with Gasteiger partial charge in [-0.15, -0.1) is 10.2 Å². The second-order valence-electron chi connectivity index (χ2n) is 7.26. The number of esters is 1. The third-order valence-corrected chi connectivity index (χ3v) is 6.24. The summed E-state index contributed by atoms with van der Waals surface area (Å²) in [6.07, 6.45) is 1.31. The van der Waals surface area contributed by atoms with E-state index in [0.717, 1.165) is 17.1 Å². The number of carbonyl (C=O) groups is 2. The van der Waals surface area contributed by atoms with Gasteiger partial charge in [-0.3, -0.25) is 14.2 Å². The fraction of sp³-hybridized carbons (Fsp3) is 0.524. The fourth-order valence-corrected chi connectivity index (χ4v) is 4.56. The van der Waals surface area contributed by atoms with Gasteiger partial charge in [-0.1, -0.05) is 30.0 Å². The molecule has 8 heteroatoms. The van der Waals surface area contributed by atoms with Crippen LogP contribution in [0.1, 0.15) is 38.1 Å². The Morgan fingerprint density at radius 1 is 1.21 bits per heavy atom. The smallest absolute Gasteiger partial charge is 0.309 e. The molecule has 1 atom stereocenters. The summed E-state index contributed by atoms with van der Waals surface area (Å²) in [6.45, 7) is 9.23. The van der Waals surface area contributed by atoms with Gasteiger partial charge in [0.15, 0.2) is 5.16 Å². The lowest BCUT2D eigenvalue weighted by atomic mass is 9.97. The van der Waals surface area contributed by atoms with E-state index in [-0.39, 0.29) is 23.0 Å². The van der Waals surface area contributed by atoms with Crippen LogP contribution in [0.25, 0.3) is 5.69 Å². The van der Waals surface area contributed by atoms with E-state index in [2.05, 4.69) is 10.2 Å². The average molecular weight is 417 g/mol. The monoisotopic (exact) mass is 416 g/mol. The van der Waals surface area contributed by atoms with Crippen molar-refractivity contribution in [3.63, 3.8) is 0 Å². The molecule has 2 heterocycles. The Bertz CT molecular complexity index is 875. The molecule has 0 saturated carbocycles. The minimum atomic E-state index is -0.291. The van der Waals surface area contributed by atoms with Crippen molar-refractivity contribution in [1.29, 1.82) is 0 Å². The number of carbonyl (C=O) groups excluding carboxylic acids is 2. The van der Waals surface area contributed by atoms with Crippen molar-refractivity contribution >= 4 is 23.6 Å². The highest BCUT2D eigenvalue weighted by Crippen LogP contribution is 2.29. The Hall–Kier alpha value is -2.35. The number of likely N-dealkylation sites (tertiary alicyclic amines) is 1. The SMILES string of the molecule is CCOC(=O)C1CCN(C(=O)C(C)Sc2nnc(C)n2-c2ccccc2C)CC1. The Balaban J connectivity index is 1.66. The van der Waals surface area contributed by atoms with E-state index in [1.165, 1.54) is 11.8 Å². The van der Waals surface area contributed by atoms with Crippen LogP contribution in [0.5, 0.6) is 0 Å². The zero-order valence-electron chi connectivity index (χ0n) is 17.4. The van der Waals surface area contributed by atoms with E-state index < -0.39 is 0 Å². The minimum Gasteiger partial charge on any atom is -0.466 e. The van der Waals surface area contributed by atoms with Crippen LogP contribution in [0, 0.1) is 19.8 Å². The van der Waals surface area contributed by atoms with E-state index >= 15 is 0 Å². The molecule has 0 aliphatic carbocycles. The third-order valence-electron chi connectivity index (χ3n) is 5.21. The highest BCUT2D eigenvalue weighted by Gasteiger charge is 2.31. The van der Waals surface area contributed by atoms with Gasteiger partial charge in [-0.2, -0.15) is 0 Å². The van der Waals surface area contributed by atoms with Crippen molar-refractivity contribution in [2.24, 2.45) is 5.92 Å². The molecule has 1 aromatic heterocycles. The number of aryl methyl sites for hydroxylation is 2. The van der Waals surface area contributed by atoms with Crippen LogP contribution in [0.2, 0.25) is 0 Å². The van der Waals surface area contributed by atoms with Crippen molar-refractivity contribution in [1.82, 2.24) is 19.7 Å². The molecule has 1 fully saturated rings. The predicted octanol–water partition coefficient (Wildman–Crippen LogP) is 3.17. The molecule has 1 saturated heterocycles. The van der Waals surface area contributed by atoms with Crippen LogP contribution in [0.15, 0.2) is 29.4 Å². The number of piperidine rings is 1. The number of benzene rings is 1. The first-order valence-corrected chi connectivity index (χ1v) is 10.9. The molecule has 0 bridgehead atoms. The van der Waals surface area contributed by atoms with E-state index in [9.17, 15) is 9.59 Å². The summed E-state index contributed by atoms with van der Waals surface area (Å²) in [5, 5.41) is 8.94. The Kier molecular flexibility index (Phi) is 6.95. The molecular formula is C21H28N4O3S. The summed E-state index contributed by atoms with van der Waals surface area (Å²) < 4.78 is 7.10. The minimum absolute atomic E-state index is 0.0642. The quantitative estimate of drug-likeness (QED) is 0.532. The van der Waals surface area contributed by atoms with Crippen molar-refractivity contribution in [3.8, 4) is 5.69 Å². The third kappa shape index (κ3) is 4.80. The second-order valence-corrected chi connectivity index (χ2v) is 8.57. The average Bonchev–Trinajstić information content (AvgIpc) is 3.08. The summed E-state index contributed by atoms with van der Waals surface area (Å²) in [5.41, 5.74) is 2.14. The molecule has 7 nitrogen and oxygen atoms in total. The van der Waals surface area contributed by atoms with Gasteiger partial charge in [0.2, 0.25) is 5.91 Å². The summed E-state index contributed by atoms with van der Waals surface area (Å²) in [7, 11) is 0. The summed E-state index contributed by atoms with van der Waals surface area (Å²) in [6, 6.07) is 8.06. The summed E-state index contributed by atoms with van der Waals surface area (Å²) >= 11 is 1.42. The molecule has 1 aromatic carbocycles. The van der Waals surface area contributed by atoms with Crippen LogP contribution in [0.3, 0.4) is 0 Å². The molecule has 156 valence electrons. The van der Waals surface area contributed by atoms with Gasteiger partial charge in [-0.25, -0.2) is 0 Å². The molecule has 0 N–H and O–H groups in total. The lowest BCUT2D eigenvalue weighted by molar-refractivity contribution is -0.151. The zero-order valence-corrected chi connectivity index (χ0v) is 18.2. The molecular weight excluding hydrogens is 388 g/mol. The van der Waals surface area contributed by atoms with Gasteiger partial charge in [0.1, 0.15) is 5.82 Å². The molecule has 1 unspecified atom stereocenters. The maximum absolute atomic E-state index is 13.0. The van der Waals surface area contributed by atoms with Gasteiger partial charge in [-0.05, 0) is 52.2 Å². The van der Waals surface area contributed by atoms with Crippen LogP contribution in [-0.4, -0.2) is 56.5 Å². The van der Waals surface area contributed by atoms with Gasteiger partial charge in [0, 0.05) is 13.1 Å². The highest BCUT2D eigenvalue weighted by atomic mass is 32.2. The van der Waals surface area contributed by atoms with Crippen molar-refractivity contribution in [2.75, 3.05) is 19.7 Å². The number of hydrogen-bond donors (Lipinski definition) is 0. The van der Waals surface area contributed by atoms with Gasteiger partial charge in [0.25, 0.3) is 0 Å². The number of ether oxygens (including phenoxy) is 1. The summed E-state index contributed by atoms with van der Waals surface area (Å²) in [5.74, 6) is 0.601. The predicted molar refractivity (Wildman–Crippen MR) is 112 cm³/mol. The normalized spacial score (nSPS) is 15.9. The van der Waals surface area contributed by atoms with Crippen LogP contribution < -0.4 is 0 Å². The molecule has 29 heavy (non-hydrogen) atoms. The van der Waals surface area contributed by atoms with E-state index in [4.69, 9.17) is 4.74 Å². The number of thioether (sulfide) groups is 1. The first kappa shape index (κ1) is 21.4. The van der Waals surface area contributed by atoms with E-state index in [0.29, 0.717) is 37.7 Å². The fourth-order valence-electron chi connectivity index (χ4n) is 3.57. The topological polar surface area (TPSA) is 77.3 Å². The molecule has 3 rings (SSSR count). The van der Waals surface area contributed by atoms with Gasteiger partial charge < -0.3 is 9.64 Å². The molecule has 0 spiro atoms. The largest absolute Gasteiger partial charge is 0.466 e. The van der Waals surface area contributed by atoms with Crippen LogP contribution in [0.4, 0.5) is 0 Å². The lowest BCUT2D eigenvalue weighted by Crippen LogP contribution is -2.43. The highest BCUT2D eigenvalue weighted by molar-refractivity contribution is 8.00. The second kappa shape index (κ2) is 9.43. The van der Waals surface area contributed by atoms with Crippen molar-refractivity contribution in [3.05, 3.63) is 35.7 Å². The molecule has 1 aliphatic rings. The number of rotatable bonds is 6. The number of nitrogens with zero attached hydrogens (tertiary/aromatic N) is 4. The maximum atomic E-state index is 13.0. The van der Waals surface area contributed by atoms with Crippen molar-refractivity contribution in [2.45, 2.75) is 50.9 Å². The van der Waals surface area contributed by atoms with Gasteiger partial charge >= 0.3 is 5.97 Å². The van der Waals surface area contributed by atoms with Gasteiger partial charge in [0.05, 0.1) is 23.5 Å². The van der Waals surface area contributed by atoms with Crippen molar-refractivity contribution < 1.29 is 14.3 Å². The molecule has 1 aliphatic heterocycles. The summed E-state index contributed by atoms with van der Waals surface area (Å²) in [4.78, 5) is 26.7. The Morgan fingerprint density at radius 2 is 1.90 bits per heavy atom. The van der Waals surface area contributed by atoms with Crippen LogP contribution >= 0.6 is 11.8 Å². The lowest BCUT2D eigenvalue weighted by Gasteiger charge is -2.32.